The lowest BCUT2D eigenvalue weighted by Gasteiger charge is -2.27. The molecular weight excluding hydrogens is 503 g/mol. The van der Waals surface area contributed by atoms with E-state index in [1.165, 1.54) is 13.8 Å². The van der Waals surface area contributed by atoms with Gasteiger partial charge >= 0.3 is 11.9 Å². The van der Waals surface area contributed by atoms with Gasteiger partial charge in [0.25, 0.3) is 0 Å². The molecule has 0 spiro atoms. The minimum atomic E-state index is -0.702. The van der Waals surface area contributed by atoms with Crippen molar-refractivity contribution in [1.82, 2.24) is 0 Å². The zero-order valence-corrected chi connectivity index (χ0v) is 21.9. The summed E-state index contributed by atoms with van der Waals surface area (Å²) in [6.07, 6.45) is -0.00619. The number of benzene rings is 2. The third-order valence-corrected chi connectivity index (χ3v) is 5.89. The first-order valence-corrected chi connectivity index (χ1v) is 12.1. The van der Waals surface area contributed by atoms with Crippen LogP contribution in [0.4, 0.5) is 0 Å². The van der Waals surface area contributed by atoms with Gasteiger partial charge in [0, 0.05) is 25.1 Å². The minimum absolute atomic E-state index is 0.0476. The Morgan fingerprint density at radius 2 is 1.53 bits per heavy atom. The van der Waals surface area contributed by atoms with Crippen LogP contribution in [0.5, 0.6) is 11.5 Å². The van der Waals surface area contributed by atoms with E-state index in [1.807, 2.05) is 36.4 Å². The number of alkyl halides is 1. The maximum atomic E-state index is 11.3. The molecular formula is C25H29Cl3O6. The van der Waals surface area contributed by atoms with Gasteiger partial charge in [-0.25, -0.2) is 0 Å². The highest BCUT2D eigenvalue weighted by Crippen LogP contribution is 2.40. The highest BCUT2D eigenvalue weighted by atomic mass is 35.5. The average molecular weight is 532 g/mol. The van der Waals surface area contributed by atoms with Gasteiger partial charge in [-0.1, -0.05) is 49.2 Å². The summed E-state index contributed by atoms with van der Waals surface area (Å²) >= 11 is 18.6. The van der Waals surface area contributed by atoms with Gasteiger partial charge in [0.05, 0.1) is 16.7 Å². The largest absolute Gasteiger partial charge is 0.490 e. The van der Waals surface area contributed by atoms with Crippen molar-refractivity contribution in [3.05, 3.63) is 57.6 Å². The first-order valence-electron chi connectivity index (χ1n) is 10.8. The van der Waals surface area contributed by atoms with E-state index in [2.05, 4.69) is 13.8 Å². The summed E-state index contributed by atoms with van der Waals surface area (Å²) in [4.78, 5) is 22.3. The maximum Gasteiger partial charge on any atom is 0.303 e. The monoisotopic (exact) mass is 530 g/mol. The van der Waals surface area contributed by atoms with Crippen LogP contribution in [0.2, 0.25) is 10.0 Å². The van der Waals surface area contributed by atoms with Crippen molar-refractivity contribution in [3.8, 4) is 11.5 Å². The topological polar surface area (TPSA) is 71.1 Å². The van der Waals surface area contributed by atoms with E-state index in [0.717, 1.165) is 11.1 Å². The molecule has 0 aliphatic carbocycles. The number of esters is 2. The molecule has 0 heterocycles. The average Bonchev–Trinajstić information content (AvgIpc) is 2.77. The first kappa shape index (κ1) is 28.1. The van der Waals surface area contributed by atoms with Gasteiger partial charge in [0.2, 0.25) is 0 Å². The third-order valence-electron chi connectivity index (χ3n) is 5.06. The van der Waals surface area contributed by atoms with Gasteiger partial charge in [-0.05, 0) is 41.8 Å². The standard InChI is InChI=1S/C25H29Cl3O6/c1-16(29)32-14-21(34-17(2)30)15-33-20-8-6-18(7-9-20)25(3,4)19-12-22(27)24(23(28)13-19)31-11-5-10-26/h6-9,12-13,21H,5,10-11,14-15H2,1-4H3/t21-/m0/s1. The second-order valence-electron chi connectivity index (χ2n) is 8.15. The Balaban J connectivity index is 2.11. The number of carbonyl (C=O) groups is 2. The van der Waals surface area contributed by atoms with E-state index in [4.69, 9.17) is 53.8 Å². The number of halogens is 3. The Bertz CT molecular complexity index is 952. The quantitative estimate of drug-likeness (QED) is 0.184. The Morgan fingerprint density at radius 1 is 0.912 bits per heavy atom. The number of carbonyl (C=O) groups excluding carboxylic acids is 2. The zero-order chi connectivity index (χ0) is 25.3. The van der Waals surface area contributed by atoms with Crippen molar-refractivity contribution in [2.24, 2.45) is 0 Å². The van der Waals surface area contributed by atoms with Gasteiger partial charge in [0.15, 0.2) is 11.9 Å². The molecule has 0 radical (unpaired) electrons. The molecule has 0 fully saturated rings. The summed E-state index contributed by atoms with van der Waals surface area (Å²) in [5.41, 5.74) is 1.53. The number of hydrogen-bond acceptors (Lipinski definition) is 6. The maximum absolute atomic E-state index is 11.3. The molecule has 2 aromatic rings. The molecule has 0 bridgehead atoms. The predicted molar refractivity (Wildman–Crippen MR) is 134 cm³/mol. The normalized spacial score (nSPS) is 12.1. The number of hydrogen-bond donors (Lipinski definition) is 0. The SMILES string of the molecule is CC(=O)OC[C@@H](COc1ccc(C(C)(C)c2cc(Cl)c(OCCCCl)c(Cl)c2)cc1)OC(C)=O. The molecule has 0 saturated heterocycles. The van der Waals surface area contributed by atoms with Gasteiger partial charge in [-0.2, -0.15) is 0 Å². The summed E-state index contributed by atoms with van der Waals surface area (Å²) in [6, 6.07) is 11.2. The van der Waals surface area contributed by atoms with Gasteiger partial charge in [0.1, 0.15) is 19.0 Å². The molecule has 186 valence electrons. The summed E-state index contributed by atoms with van der Waals surface area (Å²) in [7, 11) is 0. The van der Waals surface area contributed by atoms with Crippen LogP contribution >= 0.6 is 34.8 Å². The summed E-state index contributed by atoms with van der Waals surface area (Å²) < 4.78 is 21.5. The Hall–Kier alpha value is -2.15. The molecule has 9 heteroatoms. The smallest absolute Gasteiger partial charge is 0.303 e. The van der Waals surface area contributed by atoms with Gasteiger partial charge in [-0.3, -0.25) is 9.59 Å². The summed E-state index contributed by atoms with van der Waals surface area (Å²) in [6.45, 7) is 7.11. The van der Waals surface area contributed by atoms with E-state index in [0.29, 0.717) is 40.5 Å². The van der Waals surface area contributed by atoms with E-state index in [-0.39, 0.29) is 13.2 Å². The van der Waals surface area contributed by atoms with Crippen molar-refractivity contribution in [2.75, 3.05) is 25.7 Å². The molecule has 1 atom stereocenters. The van der Waals surface area contributed by atoms with Crippen molar-refractivity contribution in [3.63, 3.8) is 0 Å². The fourth-order valence-electron chi connectivity index (χ4n) is 3.17. The lowest BCUT2D eigenvalue weighted by molar-refractivity contribution is -0.158. The second-order valence-corrected chi connectivity index (χ2v) is 9.35. The highest BCUT2D eigenvalue weighted by Gasteiger charge is 2.26. The fraction of sp³-hybridized carbons (Fsp3) is 0.440. The first-order chi connectivity index (χ1) is 16.0. The van der Waals surface area contributed by atoms with Crippen LogP contribution < -0.4 is 9.47 Å². The van der Waals surface area contributed by atoms with Crippen LogP contribution in [0.3, 0.4) is 0 Å². The molecule has 0 saturated carbocycles. The molecule has 0 amide bonds. The van der Waals surface area contributed by atoms with E-state index in [9.17, 15) is 9.59 Å². The predicted octanol–water partition coefficient (Wildman–Crippen LogP) is 6.20. The van der Waals surface area contributed by atoms with Crippen LogP contribution in [0.25, 0.3) is 0 Å². The van der Waals surface area contributed by atoms with Crippen LogP contribution in [0, 0.1) is 0 Å². The van der Waals surface area contributed by atoms with Crippen LogP contribution in [0.1, 0.15) is 45.2 Å². The molecule has 0 aromatic heterocycles. The van der Waals surface area contributed by atoms with E-state index in [1.54, 1.807) is 0 Å². The number of rotatable bonds is 12. The zero-order valence-electron chi connectivity index (χ0n) is 19.7. The summed E-state index contributed by atoms with van der Waals surface area (Å²) in [5, 5.41) is 0.879. The van der Waals surface area contributed by atoms with Gasteiger partial charge in [-0.15, -0.1) is 11.6 Å². The molecule has 0 aliphatic rings. The summed E-state index contributed by atoms with van der Waals surface area (Å²) in [5.74, 6) is 0.590. The van der Waals surface area contributed by atoms with Crippen LogP contribution in [-0.2, 0) is 24.5 Å². The molecule has 6 nitrogen and oxygen atoms in total. The van der Waals surface area contributed by atoms with Crippen molar-refractivity contribution in [2.45, 2.75) is 45.6 Å². The lowest BCUT2D eigenvalue weighted by atomic mass is 9.78. The van der Waals surface area contributed by atoms with Crippen molar-refractivity contribution in [1.29, 1.82) is 0 Å². The van der Waals surface area contributed by atoms with Crippen molar-refractivity contribution >= 4 is 46.7 Å². The third kappa shape index (κ3) is 8.26. The Labute approximate surface area is 215 Å². The minimum Gasteiger partial charge on any atom is -0.490 e. The van der Waals surface area contributed by atoms with Gasteiger partial charge < -0.3 is 18.9 Å². The van der Waals surface area contributed by atoms with Crippen LogP contribution in [0.15, 0.2) is 36.4 Å². The highest BCUT2D eigenvalue weighted by molar-refractivity contribution is 6.37. The fourth-order valence-corrected chi connectivity index (χ4v) is 3.88. The molecule has 0 aliphatic heterocycles. The molecule has 0 unspecified atom stereocenters. The van der Waals surface area contributed by atoms with Crippen molar-refractivity contribution < 1.29 is 28.5 Å². The molecule has 34 heavy (non-hydrogen) atoms. The van der Waals surface area contributed by atoms with E-state index >= 15 is 0 Å². The van der Waals surface area contributed by atoms with Crippen LogP contribution in [-0.4, -0.2) is 43.7 Å². The Morgan fingerprint density at radius 3 is 2.06 bits per heavy atom. The Kier molecular flexibility index (Phi) is 10.8. The molecule has 2 aromatic carbocycles. The molecule has 2 rings (SSSR count). The second kappa shape index (κ2) is 13.1. The number of ether oxygens (including phenoxy) is 4. The molecule has 0 N–H and O–H groups in total. The van der Waals surface area contributed by atoms with E-state index < -0.39 is 23.5 Å². The lowest BCUT2D eigenvalue weighted by Crippen LogP contribution is -2.29.